The van der Waals surface area contributed by atoms with Crippen molar-refractivity contribution < 1.29 is 0 Å². The topological polar surface area (TPSA) is 46.9 Å². The molecule has 1 aromatic heterocycles. The van der Waals surface area contributed by atoms with Crippen LogP contribution in [-0.2, 0) is 6.54 Å². The van der Waals surface area contributed by atoms with Gasteiger partial charge >= 0.3 is 5.69 Å². The third-order valence-corrected chi connectivity index (χ3v) is 3.47. The van der Waals surface area contributed by atoms with Crippen LogP contribution in [0, 0.1) is 13.8 Å². The maximum atomic E-state index is 11.7. The van der Waals surface area contributed by atoms with Crippen LogP contribution in [0.1, 0.15) is 37.1 Å². The molecule has 94 valence electrons. The monoisotopic (exact) mass is 235 g/mol. The van der Waals surface area contributed by atoms with E-state index in [0.29, 0.717) is 12.6 Å². The van der Waals surface area contributed by atoms with E-state index in [4.69, 9.17) is 0 Å². The predicted molar refractivity (Wildman–Crippen MR) is 68.2 cm³/mol. The van der Waals surface area contributed by atoms with Crippen LogP contribution >= 0.6 is 0 Å². The summed E-state index contributed by atoms with van der Waals surface area (Å²) in [7, 11) is 0. The van der Waals surface area contributed by atoms with Crippen molar-refractivity contribution in [1.82, 2.24) is 14.9 Å². The Morgan fingerprint density at radius 3 is 2.76 bits per heavy atom. The van der Waals surface area contributed by atoms with Gasteiger partial charge in [0.1, 0.15) is 0 Å². The number of hydrogen-bond acceptors (Lipinski definition) is 3. The van der Waals surface area contributed by atoms with E-state index in [9.17, 15) is 4.79 Å². The van der Waals surface area contributed by atoms with Crippen molar-refractivity contribution in [1.29, 1.82) is 0 Å². The standard InChI is InChI=1S/C13H21N3O/c1-10-9-11(2)16(13(17)15-10)8-7-14-12-5-3-4-6-12/h9,12,14H,3-8H2,1-2H3. The van der Waals surface area contributed by atoms with Crippen LogP contribution in [-0.4, -0.2) is 22.1 Å². The normalized spacial score (nSPS) is 16.6. The van der Waals surface area contributed by atoms with Gasteiger partial charge in [0.05, 0.1) is 0 Å². The van der Waals surface area contributed by atoms with E-state index in [2.05, 4.69) is 10.3 Å². The molecule has 0 atom stereocenters. The third kappa shape index (κ3) is 3.16. The fourth-order valence-corrected chi connectivity index (χ4v) is 2.56. The summed E-state index contributed by atoms with van der Waals surface area (Å²) < 4.78 is 1.74. The van der Waals surface area contributed by atoms with Gasteiger partial charge < -0.3 is 5.32 Å². The summed E-state index contributed by atoms with van der Waals surface area (Å²) in [5.74, 6) is 0. The van der Waals surface area contributed by atoms with Crippen molar-refractivity contribution in [2.45, 2.75) is 52.1 Å². The van der Waals surface area contributed by atoms with E-state index >= 15 is 0 Å². The maximum absolute atomic E-state index is 11.7. The summed E-state index contributed by atoms with van der Waals surface area (Å²) in [5, 5.41) is 3.51. The molecule has 0 aliphatic heterocycles. The molecule has 0 radical (unpaired) electrons. The molecule has 4 heteroatoms. The van der Waals surface area contributed by atoms with E-state index in [-0.39, 0.29) is 5.69 Å². The Hall–Kier alpha value is -1.16. The summed E-state index contributed by atoms with van der Waals surface area (Å²) in [5.41, 5.74) is 1.67. The molecule has 1 heterocycles. The first kappa shape index (κ1) is 12.3. The zero-order valence-electron chi connectivity index (χ0n) is 10.7. The number of aryl methyl sites for hydroxylation is 2. The largest absolute Gasteiger partial charge is 0.347 e. The average Bonchev–Trinajstić information content (AvgIpc) is 2.74. The fourth-order valence-electron chi connectivity index (χ4n) is 2.56. The van der Waals surface area contributed by atoms with Crippen LogP contribution in [0.2, 0.25) is 0 Å². The Bertz CT molecular complexity index is 433. The highest BCUT2D eigenvalue weighted by molar-refractivity contribution is 5.06. The fraction of sp³-hybridized carbons (Fsp3) is 0.692. The Morgan fingerprint density at radius 2 is 2.12 bits per heavy atom. The maximum Gasteiger partial charge on any atom is 0.347 e. The lowest BCUT2D eigenvalue weighted by Gasteiger charge is -2.14. The molecule has 1 saturated carbocycles. The molecule has 1 aliphatic rings. The summed E-state index contributed by atoms with van der Waals surface area (Å²) in [6, 6.07) is 2.61. The lowest BCUT2D eigenvalue weighted by Crippen LogP contribution is -2.34. The van der Waals surface area contributed by atoms with Gasteiger partial charge in [0.2, 0.25) is 0 Å². The van der Waals surface area contributed by atoms with Crippen LogP contribution in [0.15, 0.2) is 10.9 Å². The first-order valence-corrected chi connectivity index (χ1v) is 6.45. The van der Waals surface area contributed by atoms with Crippen LogP contribution in [0.3, 0.4) is 0 Å². The SMILES string of the molecule is Cc1cc(C)n(CCNC2CCCC2)c(=O)n1. The number of nitrogens with zero attached hydrogens (tertiary/aromatic N) is 2. The molecule has 17 heavy (non-hydrogen) atoms. The van der Waals surface area contributed by atoms with E-state index in [1.165, 1.54) is 25.7 Å². The van der Waals surface area contributed by atoms with Crippen LogP contribution in [0.5, 0.6) is 0 Å². The molecule has 2 rings (SSSR count). The summed E-state index contributed by atoms with van der Waals surface area (Å²) in [6.45, 7) is 5.39. The van der Waals surface area contributed by atoms with Gasteiger partial charge in [-0.3, -0.25) is 4.57 Å². The minimum Gasteiger partial charge on any atom is -0.312 e. The van der Waals surface area contributed by atoms with Gasteiger partial charge in [0.15, 0.2) is 0 Å². The predicted octanol–water partition coefficient (Wildman–Crippen LogP) is 1.39. The number of aromatic nitrogens is 2. The molecule has 0 bridgehead atoms. The van der Waals surface area contributed by atoms with E-state index in [1.54, 1.807) is 4.57 Å². The quantitative estimate of drug-likeness (QED) is 0.858. The van der Waals surface area contributed by atoms with Crippen molar-refractivity contribution in [3.63, 3.8) is 0 Å². The molecule has 1 aromatic rings. The lowest BCUT2D eigenvalue weighted by molar-refractivity contribution is 0.485. The van der Waals surface area contributed by atoms with Crippen molar-refractivity contribution in [3.05, 3.63) is 27.9 Å². The Kier molecular flexibility index (Phi) is 3.94. The summed E-state index contributed by atoms with van der Waals surface area (Å²) >= 11 is 0. The second kappa shape index (κ2) is 5.45. The average molecular weight is 235 g/mol. The van der Waals surface area contributed by atoms with Gasteiger partial charge in [-0.15, -0.1) is 0 Å². The van der Waals surface area contributed by atoms with E-state index in [0.717, 1.165) is 17.9 Å². The molecule has 0 spiro atoms. The second-order valence-corrected chi connectivity index (χ2v) is 4.91. The van der Waals surface area contributed by atoms with Crippen molar-refractivity contribution in [3.8, 4) is 0 Å². The molecule has 0 saturated heterocycles. The van der Waals surface area contributed by atoms with Gasteiger partial charge in [0.25, 0.3) is 0 Å². The van der Waals surface area contributed by atoms with E-state index in [1.807, 2.05) is 19.9 Å². The molecular weight excluding hydrogens is 214 g/mol. The van der Waals surface area contributed by atoms with Gasteiger partial charge in [-0.05, 0) is 32.8 Å². The van der Waals surface area contributed by atoms with Gasteiger partial charge in [-0.2, -0.15) is 4.98 Å². The van der Waals surface area contributed by atoms with Gasteiger partial charge in [-0.25, -0.2) is 4.79 Å². The summed E-state index contributed by atoms with van der Waals surface area (Å²) in [6.07, 6.45) is 5.23. The molecule has 0 aromatic carbocycles. The highest BCUT2D eigenvalue weighted by Gasteiger charge is 2.13. The third-order valence-electron chi connectivity index (χ3n) is 3.47. The Balaban J connectivity index is 1.92. The molecule has 1 N–H and O–H groups in total. The lowest BCUT2D eigenvalue weighted by atomic mass is 10.2. The molecular formula is C13H21N3O. The number of nitrogens with one attached hydrogen (secondary N) is 1. The first-order chi connectivity index (χ1) is 8.16. The van der Waals surface area contributed by atoms with Gasteiger partial charge in [-0.1, -0.05) is 12.8 Å². The molecule has 1 fully saturated rings. The smallest absolute Gasteiger partial charge is 0.312 e. The van der Waals surface area contributed by atoms with Crippen molar-refractivity contribution >= 4 is 0 Å². The van der Waals surface area contributed by atoms with Crippen molar-refractivity contribution in [2.75, 3.05) is 6.54 Å². The van der Waals surface area contributed by atoms with Crippen LogP contribution < -0.4 is 11.0 Å². The molecule has 0 amide bonds. The summed E-state index contributed by atoms with van der Waals surface area (Å²) in [4.78, 5) is 15.7. The number of rotatable bonds is 4. The second-order valence-electron chi connectivity index (χ2n) is 4.91. The Morgan fingerprint density at radius 1 is 1.41 bits per heavy atom. The molecule has 4 nitrogen and oxygen atoms in total. The molecule has 0 unspecified atom stereocenters. The number of hydrogen-bond donors (Lipinski definition) is 1. The minimum absolute atomic E-state index is 0.129. The highest BCUT2D eigenvalue weighted by atomic mass is 16.1. The Labute approximate surface area is 102 Å². The van der Waals surface area contributed by atoms with Crippen LogP contribution in [0.25, 0.3) is 0 Å². The zero-order chi connectivity index (χ0) is 12.3. The van der Waals surface area contributed by atoms with Gasteiger partial charge in [0, 0.05) is 30.5 Å². The molecule has 1 aliphatic carbocycles. The highest BCUT2D eigenvalue weighted by Crippen LogP contribution is 2.17. The van der Waals surface area contributed by atoms with E-state index < -0.39 is 0 Å². The minimum atomic E-state index is -0.129. The van der Waals surface area contributed by atoms with Crippen LogP contribution in [0.4, 0.5) is 0 Å². The first-order valence-electron chi connectivity index (χ1n) is 6.45. The van der Waals surface area contributed by atoms with Crippen molar-refractivity contribution in [2.24, 2.45) is 0 Å². The zero-order valence-corrected chi connectivity index (χ0v) is 10.7.